The fraction of sp³-hybridized carbons (Fsp3) is 0.0909. The highest BCUT2D eigenvalue weighted by molar-refractivity contribution is 7.11. The van der Waals surface area contributed by atoms with Crippen LogP contribution in [0.1, 0.15) is 16.0 Å². The summed E-state index contributed by atoms with van der Waals surface area (Å²) in [6.45, 7) is 3.93. The first kappa shape index (κ1) is 17.2. The average Bonchev–Trinajstić information content (AvgIpc) is 3.22. The van der Waals surface area contributed by atoms with Crippen LogP contribution in [0, 0.1) is 13.8 Å². The number of carbonyl (C=O) groups excluding carboxylic acids is 2. The summed E-state index contributed by atoms with van der Waals surface area (Å²) < 4.78 is 0. The molecule has 4 rings (SSSR count). The summed E-state index contributed by atoms with van der Waals surface area (Å²) in [6.07, 6.45) is 0. The van der Waals surface area contributed by atoms with E-state index in [-0.39, 0.29) is 11.8 Å². The number of anilines is 2. The summed E-state index contributed by atoms with van der Waals surface area (Å²) in [5.41, 5.74) is 4.16. The van der Waals surface area contributed by atoms with Crippen LogP contribution in [0.4, 0.5) is 11.4 Å². The summed E-state index contributed by atoms with van der Waals surface area (Å²) in [7, 11) is 0. The molecule has 3 aromatic rings. The number of hydrogen-bond acceptors (Lipinski definition) is 4. The molecule has 134 valence electrons. The molecule has 1 aliphatic heterocycles. The fourth-order valence-electron chi connectivity index (χ4n) is 3.16. The minimum absolute atomic E-state index is 0.303. The van der Waals surface area contributed by atoms with E-state index in [4.69, 9.17) is 0 Å². The number of thiophene rings is 1. The molecule has 1 aromatic heterocycles. The van der Waals surface area contributed by atoms with Crippen LogP contribution in [0.5, 0.6) is 0 Å². The maximum Gasteiger partial charge on any atom is 0.282 e. The van der Waals surface area contributed by atoms with Crippen molar-refractivity contribution >= 4 is 40.1 Å². The first-order chi connectivity index (χ1) is 13.0. The van der Waals surface area contributed by atoms with E-state index < -0.39 is 0 Å². The smallest absolute Gasteiger partial charge is 0.282 e. The molecule has 0 aliphatic carbocycles. The van der Waals surface area contributed by atoms with Crippen molar-refractivity contribution in [2.75, 3.05) is 10.2 Å². The Morgan fingerprint density at radius 3 is 2.26 bits per heavy atom. The van der Waals surface area contributed by atoms with Crippen molar-refractivity contribution in [1.82, 2.24) is 0 Å². The second-order valence-electron chi connectivity index (χ2n) is 6.51. The molecule has 1 N–H and O–H groups in total. The van der Waals surface area contributed by atoms with Crippen molar-refractivity contribution in [3.8, 4) is 0 Å². The third kappa shape index (κ3) is 3.17. The van der Waals surface area contributed by atoms with Gasteiger partial charge in [0.25, 0.3) is 11.8 Å². The number of amides is 2. The van der Waals surface area contributed by atoms with Crippen molar-refractivity contribution in [3.63, 3.8) is 0 Å². The van der Waals surface area contributed by atoms with Crippen molar-refractivity contribution in [3.05, 3.63) is 87.7 Å². The molecule has 5 heteroatoms. The summed E-state index contributed by atoms with van der Waals surface area (Å²) in [5.74, 6) is -0.640. The Balaban J connectivity index is 1.81. The molecule has 0 radical (unpaired) electrons. The molecule has 2 amide bonds. The van der Waals surface area contributed by atoms with E-state index in [1.54, 1.807) is 6.07 Å². The molecule has 0 atom stereocenters. The monoisotopic (exact) mass is 374 g/mol. The van der Waals surface area contributed by atoms with Gasteiger partial charge < -0.3 is 5.32 Å². The SMILES string of the molecule is Cc1cccc(NC2=C(c3cccs3)C(=O)N(c3cccc(C)c3)C2=O)c1. The van der Waals surface area contributed by atoms with Crippen molar-refractivity contribution in [2.24, 2.45) is 0 Å². The Kier molecular flexibility index (Phi) is 4.38. The zero-order valence-electron chi connectivity index (χ0n) is 15.0. The van der Waals surface area contributed by atoms with Crippen LogP contribution in [-0.2, 0) is 9.59 Å². The third-order valence-corrected chi connectivity index (χ3v) is 5.29. The molecule has 0 saturated heterocycles. The van der Waals surface area contributed by atoms with Gasteiger partial charge in [0.15, 0.2) is 0 Å². The second kappa shape index (κ2) is 6.85. The van der Waals surface area contributed by atoms with E-state index in [9.17, 15) is 9.59 Å². The van der Waals surface area contributed by atoms with Crippen molar-refractivity contribution in [1.29, 1.82) is 0 Å². The number of benzene rings is 2. The lowest BCUT2D eigenvalue weighted by atomic mass is 10.1. The standard InChI is InChI=1S/C22H18N2O2S/c1-14-6-3-8-16(12-14)23-20-19(18-10-5-11-27-18)21(25)24(22(20)26)17-9-4-7-15(2)13-17/h3-13,23H,1-2H3. The zero-order chi connectivity index (χ0) is 19.0. The first-order valence-electron chi connectivity index (χ1n) is 8.62. The maximum absolute atomic E-state index is 13.2. The molecule has 0 bridgehead atoms. The highest BCUT2D eigenvalue weighted by Gasteiger charge is 2.40. The Bertz CT molecular complexity index is 1070. The van der Waals surface area contributed by atoms with Gasteiger partial charge >= 0.3 is 0 Å². The molecule has 2 aromatic carbocycles. The zero-order valence-corrected chi connectivity index (χ0v) is 15.8. The Morgan fingerprint density at radius 1 is 0.852 bits per heavy atom. The fourth-order valence-corrected chi connectivity index (χ4v) is 3.93. The van der Waals surface area contributed by atoms with E-state index >= 15 is 0 Å². The molecular formula is C22H18N2O2S. The highest BCUT2D eigenvalue weighted by atomic mass is 32.1. The van der Waals surface area contributed by atoms with Crippen molar-refractivity contribution < 1.29 is 9.59 Å². The summed E-state index contributed by atoms with van der Waals surface area (Å²) in [6, 6.07) is 18.9. The van der Waals surface area contributed by atoms with Gasteiger partial charge in [-0.3, -0.25) is 9.59 Å². The van der Waals surface area contributed by atoms with Crippen LogP contribution in [-0.4, -0.2) is 11.8 Å². The molecule has 0 spiro atoms. The van der Waals surface area contributed by atoms with Gasteiger partial charge in [-0.25, -0.2) is 4.90 Å². The number of nitrogens with zero attached hydrogens (tertiary/aromatic N) is 1. The molecule has 0 fully saturated rings. The predicted octanol–water partition coefficient (Wildman–Crippen LogP) is 4.76. The number of hydrogen-bond donors (Lipinski definition) is 1. The van der Waals surface area contributed by atoms with Gasteiger partial charge in [0.05, 0.1) is 11.3 Å². The number of rotatable bonds is 4. The van der Waals surface area contributed by atoms with Gasteiger partial charge in [-0.05, 0) is 60.7 Å². The summed E-state index contributed by atoms with van der Waals surface area (Å²) in [4.78, 5) is 28.4. The molecule has 0 saturated carbocycles. The van der Waals surface area contributed by atoms with Gasteiger partial charge in [-0.15, -0.1) is 11.3 Å². The van der Waals surface area contributed by atoms with Crippen LogP contribution < -0.4 is 10.2 Å². The number of nitrogens with one attached hydrogen (secondary N) is 1. The van der Waals surface area contributed by atoms with E-state index in [0.29, 0.717) is 17.0 Å². The Labute approximate surface area is 161 Å². The van der Waals surface area contributed by atoms with E-state index in [0.717, 1.165) is 21.7 Å². The molecule has 1 aliphatic rings. The molecule has 0 unspecified atom stereocenters. The van der Waals surface area contributed by atoms with E-state index in [1.807, 2.05) is 73.8 Å². The molecular weight excluding hydrogens is 356 g/mol. The maximum atomic E-state index is 13.2. The first-order valence-corrected chi connectivity index (χ1v) is 9.50. The normalized spacial score (nSPS) is 14.2. The van der Waals surface area contributed by atoms with Crippen LogP contribution in [0.15, 0.2) is 71.7 Å². The van der Waals surface area contributed by atoms with Gasteiger partial charge in [0, 0.05) is 10.6 Å². The van der Waals surface area contributed by atoms with Crippen LogP contribution in [0.25, 0.3) is 5.57 Å². The molecule has 4 nitrogen and oxygen atoms in total. The number of carbonyl (C=O) groups is 2. The topological polar surface area (TPSA) is 49.4 Å². The number of aryl methyl sites for hydroxylation is 2. The minimum Gasteiger partial charge on any atom is -0.350 e. The Morgan fingerprint density at radius 2 is 1.59 bits per heavy atom. The summed E-state index contributed by atoms with van der Waals surface area (Å²) in [5, 5.41) is 5.09. The number of imide groups is 1. The summed E-state index contributed by atoms with van der Waals surface area (Å²) >= 11 is 1.45. The largest absolute Gasteiger partial charge is 0.350 e. The lowest BCUT2D eigenvalue weighted by Crippen LogP contribution is -2.32. The van der Waals surface area contributed by atoms with Crippen molar-refractivity contribution in [2.45, 2.75) is 13.8 Å². The average molecular weight is 374 g/mol. The van der Waals surface area contributed by atoms with Gasteiger partial charge in [0.2, 0.25) is 0 Å². The molecule has 2 heterocycles. The second-order valence-corrected chi connectivity index (χ2v) is 7.45. The van der Waals surface area contributed by atoms with Gasteiger partial charge in [-0.1, -0.05) is 30.3 Å². The Hall–Kier alpha value is -3.18. The van der Waals surface area contributed by atoms with E-state index in [2.05, 4.69) is 5.32 Å². The van der Waals surface area contributed by atoms with Crippen LogP contribution in [0.3, 0.4) is 0 Å². The third-order valence-electron chi connectivity index (χ3n) is 4.40. The predicted molar refractivity (Wildman–Crippen MR) is 110 cm³/mol. The van der Waals surface area contributed by atoms with Crippen LogP contribution in [0.2, 0.25) is 0 Å². The molecule has 27 heavy (non-hydrogen) atoms. The van der Waals surface area contributed by atoms with E-state index in [1.165, 1.54) is 16.2 Å². The minimum atomic E-state index is -0.337. The van der Waals surface area contributed by atoms with Gasteiger partial charge in [0.1, 0.15) is 5.70 Å². The van der Waals surface area contributed by atoms with Crippen LogP contribution >= 0.6 is 11.3 Å². The van der Waals surface area contributed by atoms with Gasteiger partial charge in [-0.2, -0.15) is 0 Å². The lowest BCUT2D eigenvalue weighted by Gasteiger charge is -2.16. The lowest BCUT2D eigenvalue weighted by molar-refractivity contribution is -0.120. The quantitative estimate of drug-likeness (QED) is 0.670. The highest BCUT2D eigenvalue weighted by Crippen LogP contribution is 2.35.